The topological polar surface area (TPSA) is 43.8 Å². The lowest BCUT2D eigenvalue weighted by Crippen LogP contribution is -2.19. The van der Waals surface area contributed by atoms with Crippen LogP contribution in [0.4, 0.5) is 5.82 Å². The molecule has 0 aliphatic heterocycles. The number of aromatic nitrogens is 2. The smallest absolute Gasteiger partial charge is 0.136 e. The van der Waals surface area contributed by atoms with Crippen molar-refractivity contribution in [1.82, 2.24) is 9.78 Å². The molecule has 3 nitrogen and oxygen atoms in total. The minimum atomic E-state index is 0.506. The highest BCUT2D eigenvalue weighted by atomic mass is 79.9. The van der Waals surface area contributed by atoms with Crippen LogP contribution in [0.2, 0.25) is 0 Å². The van der Waals surface area contributed by atoms with E-state index in [1.807, 2.05) is 11.6 Å². The molecule has 15 heavy (non-hydrogen) atoms. The van der Waals surface area contributed by atoms with Gasteiger partial charge in [0.05, 0.1) is 16.2 Å². The van der Waals surface area contributed by atoms with Gasteiger partial charge < -0.3 is 5.73 Å². The predicted molar refractivity (Wildman–Crippen MR) is 65.7 cm³/mol. The second-order valence-electron chi connectivity index (χ2n) is 4.64. The van der Waals surface area contributed by atoms with E-state index >= 15 is 0 Å². The van der Waals surface area contributed by atoms with Crippen molar-refractivity contribution in [3.05, 3.63) is 10.2 Å². The molecular weight excluding hydrogens is 254 g/mol. The second-order valence-corrected chi connectivity index (χ2v) is 5.44. The number of nitrogens with zero attached hydrogens (tertiary/aromatic N) is 2. The molecule has 0 bridgehead atoms. The Bertz CT molecular complexity index is 351. The summed E-state index contributed by atoms with van der Waals surface area (Å²) < 4.78 is 2.96. The van der Waals surface area contributed by atoms with E-state index in [-0.39, 0.29) is 0 Å². The van der Waals surface area contributed by atoms with Crippen molar-refractivity contribution in [3.63, 3.8) is 0 Å². The monoisotopic (exact) mass is 271 g/mol. The van der Waals surface area contributed by atoms with Gasteiger partial charge in [-0.25, -0.2) is 4.68 Å². The molecule has 2 rings (SSSR count). The van der Waals surface area contributed by atoms with Gasteiger partial charge in [-0.3, -0.25) is 0 Å². The summed E-state index contributed by atoms with van der Waals surface area (Å²) in [6.45, 7) is 4.31. The van der Waals surface area contributed by atoms with Crippen LogP contribution in [0.1, 0.15) is 44.3 Å². The van der Waals surface area contributed by atoms with Crippen molar-refractivity contribution in [2.45, 2.75) is 45.6 Å². The Morgan fingerprint density at radius 2 is 1.93 bits per heavy atom. The summed E-state index contributed by atoms with van der Waals surface area (Å²) in [7, 11) is 0. The minimum absolute atomic E-state index is 0.506. The van der Waals surface area contributed by atoms with Gasteiger partial charge in [0.15, 0.2) is 0 Å². The molecule has 0 radical (unpaired) electrons. The number of anilines is 1. The third-order valence-electron chi connectivity index (χ3n) is 3.38. The zero-order valence-electron chi connectivity index (χ0n) is 9.33. The number of halogens is 1. The van der Waals surface area contributed by atoms with E-state index in [1.54, 1.807) is 0 Å². The fraction of sp³-hybridized carbons (Fsp3) is 0.727. The first-order chi connectivity index (χ1) is 7.09. The van der Waals surface area contributed by atoms with E-state index in [1.165, 1.54) is 25.7 Å². The van der Waals surface area contributed by atoms with Gasteiger partial charge in [-0.15, -0.1) is 0 Å². The number of nitrogen functional groups attached to an aromatic ring is 1. The predicted octanol–water partition coefficient (Wildman–Crippen LogP) is 3.29. The molecule has 84 valence electrons. The standard InChI is InChI=1S/C11H18BrN3/c1-7-3-5-9(6-4-7)15-11(13)10(12)8(2)14-15/h7,9H,3-6,13H2,1-2H3. The molecule has 1 aromatic heterocycles. The molecular formula is C11H18BrN3. The summed E-state index contributed by atoms with van der Waals surface area (Å²) in [5.74, 6) is 1.65. The van der Waals surface area contributed by atoms with Crippen molar-refractivity contribution < 1.29 is 0 Å². The van der Waals surface area contributed by atoms with Crippen molar-refractivity contribution >= 4 is 21.7 Å². The first-order valence-electron chi connectivity index (χ1n) is 5.59. The number of hydrogen-bond acceptors (Lipinski definition) is 2. The van der Waals surface area contributed by atoms with Gasteiger partial charge in [-0.05, 0) is 54.5 Å². The highest BCUT2D eigenvalue weighted by Gasteiger charge is 2.23. The zero-order valence-corrected chi connectivity index (χ0v) is 10.9. The van der Waals surface area contributed by atoms with Gasteiger partial charge in [-0.2, -0.15) is 5.10 Å². The molecule has 2 N–H and O–H groups in total. The summed E-state index contributed by atoms with van der Waals surface area (Å²) in [5, 5.41) is 4.50. The molecule has 1 saturated carbocycles. The molecule has 1 heterocycles. The Balaban J connectivity index is 2.19. The Hall–Kier alpha value is -0.510. The highest BCUT2D eigenvalue weighted by Crippen LogP contribution is 2.35. The van der Waals surface area contributed by atoms with Gasteiger partial charge in [0.2, 0.25) is 0 Å². The summed E-state index contributed by atoms with van der Waals surface area (Å²) in [4.78, 5) is 0. The van der Waals surface area contributed by atoms with Gasteiger partial charge in [0, 0.05) is 0 Å². The third-order valence-corrected chi connectivity index (χ3v) is 4.36. The maximum atomic E-state index is 6.02. The van der Waals surface area contributed by atoms with Gasteiger partial charge >= 0.3 is 0 Å². The molecule has 0 unspecified atom stereocenters. The second kappa shape index (κ2) is 4.16. The lowest BCUT2D eigenvalue weighted by atomic mass is 9.87. The normalized spacial score (nSPS) is 26.9. The van der Waals surface area contributed by atoms with Crippen LogP contribution in [0, 0.1) is 12.8 Å². The minimum Gasteiger partial charge on any atom is -0.383 e. The van der Waals surface area contributed by atoms with Crippen LogP contribution in [0.3, 0.4) is 0 Å². The fourth-order valence-electron chi connectivity index (χ4n) is 2.31. The van der Waals surface area contributed by atoms with E-state index in [4.69, 9.17) is 5.73 Å². The molecule has 0 saturated heterocycles. The SMILES string of the molecule is Cc1nn(C2CCC(C)CC2)c(N)c1Br. The quantitative estimate of drug-likeness (QED) is 0.852. The van der Waals surface area contributed by atoms with Gasteiger partial charge in [0.25, 0.3) is 0 Å². The molecule has 0 amide bonds. The lowest BCUT2D eigenvalue weighted by Gasteiger charge is -2.27. The van der Waals surface area contributed by atoms with Crippen LogP contribution in [0.5, 0.6) is 0 Å². The van der Waals surface area contributed by atoms with Crippen LogP contribution in [0.25, 0.3) is 0 Å². The molecule has 4 heteroatoms. The largest absolute Gasteiger partial charge is 0.383 e. The van der Waals surface area contributed by atoms with E-state index in [2.05, 4.69) is 28.0 Å². The van der Waals surface area contributed by atoms with Crippen LogP contribution in [-0.2, 0) is 0 Å². The molecule has 1 aliphatic carbocycles. The fourth-order valence-corrected chi connectivity index (χ4v) is 2.57. The Morgan fingerprint density at radius 3 is 2.40 bits per heavy atom. The Morgan fingerprint density at radius 1 is 1.33 bits per heavy atom. The van der Waals surface area contributed by atoms with Crippen molar-refractivity contribution in [2.24, 2.45) is 5.92 Å². The van der Waals surface area contributed by atoms with Gasteiger partial charge in [0.1, 0.15) is 5.82 Å². The van der Waals surface area contributed by atoms with E-state index in [0.717, 1.165) is 21.9 Å². The summed E-state index contributed by atoms with van der Waals surface area (Å²) >= 11 is 3.47. The summed E-state index contributed by atoms with van der Waals surface area (Å²) in [6, 6.07) is 0.506. The van der Waals surface area contributed by atoms with Crippen LogP contribution >= 0.6 is 15.9 Å². The zero-order chi connectivity index (χ0) is 11.0. The summed E-state index contributed by atoms with van der Waals surface area (Å²) in [5.41, 5.74) is 7.01. The average molecular weight is 272 g/mol. The van der Waals surface area contributed by atoms with Gasteiger partial charge in [-0.1, -0.05) is 6.92 Å². The van der Waals surface area contributed by atoms with Crippen molar-refractivity contribution in [1.29, 1.82) is 0 Å². The lowest BCUT2D eigenvalue weighted by molar-refractivity contribution is 0.276. The Labute approximate surface area is 99.2 Å². The van der Waals surface area contributed by atoms with E-state index in [0.29, 0.717) is 6.04 Å². The molecule has 0 atom stereocenters. The van der Waals surface area contributed by atoms with Crippen molar-refractivity contribution in [3.8, 4) is 0 Å². The maximum absolute atomic E-state index is 6.02. The number of aryl methyl sites for hydroxylation is 1. The van der Waals surface area contributed by atoms with E-state index < -0.39 is 0 Å². The third kappa shape index (κ3) is 2.05. The molecule has 1 fully saturated rings. The first kappa shape index (κ1) is 11.0. The number of hydrogen-bond donors (Lipinski definition) is 1. The molecule has 1 aromatic rings. The average Bonchev–Trinajstić information content (AvgIpc) is 2.47. The van der Waals surface area contributed by atoms with Crippen LogP contribution in [-0.4, -0.2) is 9.78 Å². The molecule has 0 aromatic carbocycles. The Kier molecular flexibility index (Phi) is 3.05. The highest BCUT2D eigenvalue weighted by molar-refractivity contribution is 9.10. The van der Waals surface area contributed by atoms with Crippen molar-refractivity contribution in [2.75, 3.05) is 5.73 Å². The maximum Gasteiger partial charge on any atom is 0.136 e. The first-order valence-corrected chi connectivity index (χ1v) is 6.39. The molecule has 1 aliphatic rings. The summed E-state index contributed by atoms with van der Waals surface area (Å²) in [6.07, 6.45) is 5.00. The number of rotatable bonds is 1. The van der Waals surface area contributed by atoms with Crippen LogP contribution in [0.15, 0.2) is 4.47 Å². The number of nitrogens with two attached hydrogens (primary N) is 1. The van der Waals surface area contributed by atoms with Crippen LogP contribution < -0.4 is 5.73 Å². The molecule has 0 spiro atoms. The van der Waals surface area contributed by atoms with E-state index in [9.17, 15) is 0 Å².